The lowest BCUT2D eigenvalue weighted by atomic mass is 10.2. The third-order valence-corrected chi connectivity index (χ3v) is 8.87. The summed E-state index contributed by atoms with van der Waals surface area (Å²) in [5, 5.41) is 14.8. The first-order valence-electron chi connectivity index (χ1n) is 12.9. The van der Waals surface area contributed by atoms with Crippen LogP contribution in [0.1, 0.15) is 51.9 Å². The van der Waals surface area contributed by atoms with Gasteiger partial charge in [0.05, 0.1) is 32.9 Å². The van der Waals surface area contributed by atoms with Crippen molar-refractivity contribution in [3.63, 3.8) is 0 Å². The molecule has 192 valence electrons. The summed E-state index contributed by atoms with van der Waals surface area (Å²) in [6.07, 6.45) is 5.86. The van der Waals surface area contributed by atoms with Crippen molar-refractivity contribution < 1.29 is 0 Å². The van der Waals surface area contributed by atoms with Crippen LogP contribution in [0, 0.1) is 16.2 Å². The van der Waals surface area contributed by atoms with Gasteiger partial charge in [0.15, 0.2) is 0 Å². The molecule has 0 aliphatic rings. The van der Waals surface area contributed by atoms with Crippen LogP contribution in [0.15, 0.2) is 65.0 Å². The Morgan fingerprint density at radius 2 is 1.34 bits per heavy atom. The summed E-state index contributed by atoms with van der Waals surface area (Å²) in [7, 11) is 0. The lowest BCUT2D eigenvalue weighted by Gasteiger charge is -2.09. The fourth-order valence-electron chi connectivity index (χ4n) is 4.91. The number of aromatic nitrogens is 2. The third-order valence-electron chi connectivity index (χ3n) is 6.62. The van der Waals surface area contributed by atoms with E-state index < -0.39 is 0 Å². The maximum atomic E-state index is 10.9. The van der Waals surface area contributed by atoms with E-state index in [-0.39, 0.29) is 0 Å². The first kappa shape index (κ1) is 25.9. The van der Waals surface area contributed by atoms with E-state index >= 15 is 0 Å². The van der Waals surface area contributed by atoms with Crippen molar-refractivity contribution in [2.75, 3.05) is 0 Å². The lowest BCUT2D eigenvalue weighted by molar-refractivity contribution is 0.684. The Morgan fingerprint density at radius 3 is 1.79 bits per heavy atom. The van der Waals surface area contributed by atoms with Gasteiger partial charge in [-0.1, -0.05) is 13.8 Å². The number of hydrogen-bond acceptors (Lipinski definition) is 5. The number of thiophene rings is 2. The number of benzene rings is 1. The minimum Gasteiger partial charge on any atom is -0.340 e. The minimum absolute atomic E-state index is 0.479. The fourth-order valence-corrected chi connectivity index (χ4v) is 7.17. The number of hydrogen-bond donors (Lipinski definition) is 0. The second-order valence-corrected chi connectivity index (χ2v) is 11.7. The molecule has 1 aromatic carbocycles. The summed E-state index contributed by atoms with van der Waals surface area (Å²) in [5.74, 6) is 0. The lowest BCUT2D eigenvalue weighted by Crippen LogP contribution is -2.00. The molecule has 0 spiro atoms. The molecule has 0 unspecified atom stereocenters. The Balaban J connectivity index is 1.55. The SMILES string of the molecule is CCCn1c(/C=C(/C)C#N)ccc1-c1cc2cc3sc(-c4ccc(/C=C(/C)N=O)n4CCC)cc3cc2s1. The van der Waals surface area contributed by atoms with Crippen molar-refractivity contribution in [3.8, 4) is 27.2 Å². The van der Waals surface area contributed by atoms with Crippen molar-refractivity contribution in [2.45, 2.75) is 53.6 Å². The van der Waals surface area contributed by atoms with E-state index in [1.165, 1.54) is 41.3 Å². The van der Waals surface area contributed by atoms with Gasteiger partial charge in [-0.3, -0.25) is 0 Å². The van der Waals surface area contributed by atoms with Gasteiger partial charge in [-0.2, -0.15) is 5.26 Å². The molecule has 0 N–H and O–H groups in total. The van der Waals surface area contributed by atoms with Crippen LogP contribution in [0.2, 0.25) is 0 Å². The molecule has 7 heteroatoms. The zero-order valence-corrected chi connectivity index (χ0v) is 23.7. The molecule has 0 saturated carbocycles. The molecule has 0 atom stereocenters. The number of nitriles is 1. The Morgan fingerprint density at radius 1 is 0.842 bits per heavy atom. The summed E-state index contributed by atoms with van der Waals surface area (Å²) in [5.41, 5.74) is 5.65. The van der Waals surface area contributed by atoms with E-state index in [1.54, 1.807) is 6.92 Å². The molecule has 4 aromatic heterocycles. The van der Waals surface area contributed by atoms with Crippen molar-refractivity contribution in [1.82, 2.24) is 9.13 Å². The Hall–Kier alpha value is -3.73. The topological polar surface area (TPSA) is 63.1 Å². The summed E-state index contributed by atoms with van der Waals surface area (Å²) >= 11 is 3.63. The highest BCUT2D eigenvalue weighted by Gasteiger charge is 2.15. The van der Waals surface area contributed by atoms with Crippen molar-refractivity contribution >= 4 is 55.0 Å². The monoisotopic (exact) mass is 538 g/mol. The normalized spacial score (nSPS) is 12.5. The molecule has 0 amide bonds. The average molecular weight is 539 g/mol. The summed E-state index contributed by atoms with van der Waals surface area (Å²) < 4.78 is 7.14. The van der Waals surface area contributed by atoms with Crippen molar-refractivity contribution in [1.29, 1.82) is 5.26 Å². The van der Waals surface area contributed by atoms with Crippen molar-refractivity contribution in [3.05, 3.63) is 76.1 Å². The van der Waals surface area contributed by atoms with E-state index in [0.717, 1.165) is 37.3 Å². The van der Waals surface area contributed by atoms with Crippen molar-refractivity contribution in [2.24, 2.45) is 5.18 Å². The minimum atomic E-state index is 0.479. The van der Waals surface area contributed by atoms with Gasteiger partial charge >= 0.3 is 0 Å². The molecular weight excluding hydrogens is 509 g/mol. The maximum absolute atomic E-state index is 10.9. The zero-order chi connectivity index (χ0) is 26.8. The molecule has 0 saturated heterocycles. The second kappa shape index (κ2) is 10.9. The van der Waals surface area contributed by atoms with Crippen LogP contribution >= 0.6 is 22.7 Å². The van der Waals surface area contributed by atoms with Gasteiger partial charge in [0, 0.05) is 39.5 Å². The van der Waals surface area contributed by atoms with Gasteiger partial charge in [-0.05, 0) is 103 Å². The smallest absolute Gasteiger partial charge is 0.0944 e. The first-order valence-corrected chi connectivity index (χ1v) is 14.6. The molecule has 0 bridgehead atoms. The molecular formula is C31H30N4OS2. The van der Waals surface area contributed by atoms with Crippen LogP contribution in [-0.2, 0) is 13.1 Å². The standard InChI is InChI=1S/C31H30N4OS2/c1-5-11-34-24(13-20(3)19-32)7-9-26(34)30-17-22-15-29-23(16-28(22)37-30)18-31(38-29)27-10-8-25(14-21(4)33-36)35(27)12-6-2/h7-10,13-18H,5-6,11-12H2,1-4H3/b20-13-,21-14-. The van der Waals surface area contributed by atoms with Crippen LogP contribution in [0.5, 0.6) is 0 Å². The largest absolute Gasteiger partial charge is 0.340 e. The quantitative estimate of drug-likeness (QED) is 0.138. The first-order chi connectivity index (χ1) is 18.4. The molecule has 0 fully saturated rings. The highest BCUT2D eigenvalue weighted by atomic mass is 32.1. The van der Waals surface area contributed by atoms with E-state index in [9.17, 15) is 10.2 Å². The maximum Gasteiger partial charge on any atom is 0.0944 e. The highest BCUT2D eigenvalue weighted by Crippen LogP contribution is 2.41. The summed E-state index contributed by atoms with van der Waals surface area (Å²) in [6.45, 7) is 9.73. The van der Waals surface area contributed by atoms with Crippen LogP contribution < -0.4 is 0 Å². The molecule has 38 heavy (non-hydrogen) atoms. The van der Waals surface area contributed by atoms with Gasteiger partial charge in [0.1, 0.15) is 0 Å². The van der Waals surface area contributed by atoms with Gasteiger partial charge in [-0.15, -0.1) is 27.6 Å². The molecule has 5 nitrogen and oxygen atoms in total. The number of nitrogens with zero attached hydrogens (tertiary/aromatic N) is 4. The van der Waals surface area contributed by atoms with E-state index in [0.29, 0.717) is 11.3 Å². The number of rotatable bonds is 9. The Labute approximate surface area is 230 Å². The molecule has 0 aliphatic carbocycles. The van der Waals surface area contributed by atoms with Gasteiger partial charge in [-0.25, -0.2) is 0 Å². The fraction of sp³-hybridized carbons (Fsp3) is 0.258. The zero-order valence-electron chi connectivity index (χ0n) is 22.1. The van der Waals surface area contributed by atoms with E-state index in [1.807, 2.05) is 41.7 Å². The average Bonchev–Trinajstić information content (AvgIpc) is 3.68. The molecule has 5 aromatic rings. The van der Waals surface area contributed by atoms with Gasteiger partial charge in [0.25, 0.3) is 0 Å². The Kier molecular flexibility index (Phi) is 7.46. The number of fused-ring (bicyclic) bond motifs is 2. The number of allylic oxidation sites excluding steroid dienone is 2. The van der Waals surface area contributed by atoms with Crippen LogP contribution in [0.4, 0.5) is 0 Å². The molecule has 0 aliphatic heterocycles. The Bertz CT molecular complexity index is 1700. The van der Waals surface area contributed by atoms with Gasteiger partial charge in [0.2, 0.25) is 0 Å². The summed E-state index contributed by atoms with van der Waals surface area (Å²) in [6, 6.07) is 19.9. The highest BCUT2D eigenvalue weighted by molar-refractivity contribution is 7.23. The second-order valence-electron chi connectivity index (χ2n) is 9.56. The summed E-state index contributed by atoms with van der Waals surface area (Å²) in [4.78, 5) is 13.4. The third kappa shape index (κ3) is 4.90. The molecule has 0 radical (unpaired) electrons. The van der Waals surface area contributed by atoms with Crippen LogP contribution in [0.25, 0.3) is 53.5 Å². The van der Waals surface area contributed by atoms with Crippen LogP contribution in [-0.4, -0.2) is 9.13 Å². The van der Waals surface area contributed by atoms with Crippen LogP contribution in [0.3, 0.4) is 0 Å². The number of nitroso groups, excluding NO2 is 1. The predicted molar refractivity (Wildman–Crippen MR) is 163 cm³/mol. The van der Waals surface area contributed by atoms with Gasteiger partial charge < -0.3 is 9.13 Å². The van der Waals surface area contributed by atoms with E-state index in [4.69, 9.17) is 0 Å². The van der Waals surface area contributed by atoms with E-state index in [2.05, 4.69) is 82.8 Å². The molecule has 4 heterocycles. The molecule has 5 rings (SSSR count). The predicted octanol–water partition coefficient (Wildman–Crippen LogP) is 9.93.